The van der Waals surface area contributed by atoms with E-state index in [4.69, 9.17) is 5.11 Å². The fourth-order valence-corrected chi connectivity index (χ4v) is 2.14. The number of carbonyl (C=O) groups is 3. The number of hydrogen-bond acceptors (Lipinski definition) is 4. The molecule has 1 rings (SSSR count). The van der Waals surface area contributed by atoms with Crippen LogP contribution in [0, 0.1) is 5.92 Å². The van der Waals surface area contributed by atoms with Crippen LogP contribution in [0.25, 0.3) is 0 Å². The molecule has 0 radical (unpaired) electrons. The molecule has 1 heterocycles. The van der Waals surface area contributed by atoms with Crippen molar-refractivity contribution in [3.63, 3.8) is 0 Å². The molecular formula is C13H23N3O4. The topological polar surface area (TPSA) is 108 Å². The Bertz CT molecular complexity index is 365. The first-order valence-electron chi connectivity index (χ1n) is 6.93. The molecule has 1 aliphatic heterocycles. The lowest BCUT2D eigenvalue weighted by molar-refractivity contribution is -0.142. The van der Waals surface area contributed by atoms with Gasteiger partial charge in [0.15, 0.2) is 0 Å². The zero-order chi connectivity index (χ0) is 15.1. The summed E-state index contributed by atoms with van der Waals surface area (Å²) in [5.74, 6) is -1.60. The van der Waals surface area contributed by atoms with Crippen molar-refractivity contribution in [1.29, 1.82) is 0 Å². The first kappa shape index (κ1) is 16.4. The highest BCUT2D eigenvalue weighted by Crippen LogP contribution is 2.05. The molecular weight excluding hydrogens is 262 g/mol. The third kappa shape index (κ3) is 5.56. The van der Waals surface area contributed by atoms with Gasteiger partial charge >= 0.3 is 5.97 Å². The lowest BCUT2D eigenvalue weighted by atomic mass is 10.0. The highest BCUT2D eigenvalue weighted by molar-refractivity contribution is 5.89. The molecule has 114 valence electrons. The zero-order valence-corrected chi connectivity index (χ0v) is 11.9. The van der Waals surface area contributed by atoms with Gasteiger partial charge in [0.05, 0.1) is 12.6 Å². The Morgan fingerprint density at radius 2 is 2.05 bits per heavy atom. The van der Waals surface area contributed by atoms with E-state index in [1.165, 1.54) is 0 Å². The Morgan fingerprint density at radius 3 is 2.55 bits per heavy atom. The standard InChI is InChI=1S/C13H23N3O4/c1-8(2)6-10(13(19)20)16-11(17)7-15-12(18)9-4-3-5-14-9/h8-10,14H,3-7H2,1-2H3,(H,15,18)(H,16,17)(H,19,20)/t9-,10+/m0/s1. The molecule has 7 heteroatoms. The minimum atomic E-state index is -1.06. The Hall–Kier alpha value is -1.63. The predicted octanol–water partition coefficient (Wildman–Crippen LogP) is -0.530. The van der Waals surface area contributed by atoms with Gasteiger partial charge in [0.2, 0.25) is 11.8 Å². The zero-order valence-electron chi connectivity index (χ0n) is 11.9. The van der Waals surface area contributed by atoms with Gasteiger partial charge < -0.3 is 21.1 Å². The molecule has 0 aromatic heterocycles. The second kappa shape index (κ2) is 7.84. The van der Waals surface area contributed by atoms with E-state index in [0.29, 0.717) is 6.42 Å². The van der Waals surface area contributed by atoms with E-state index in [1.807, 2.05) is 13.8 Å². The Balaban J connectivity index is 2.33. The van der Waals surface area contributed by atoms with Gasteiger partial charge in [0.1, 0.15) is 6.04 Å². The number of nitrogens with one attached hydrogen (secondary N) is 3. The Labute approximate surface area is 118 Å². The molecule has 4 N–H and O–H groups in total. The molecule has 0 aliphatic carbocycles. The van der Waals surface area contributed by atoms with Crippen LogP contribution in [0.1, 0.15) is 33.1 Å². The maximum Gasteiger partial charge on any atom is 0.326 e. The summed E-state index contributed by atoms with van der Waals surface area (Å²) >= 11 is 0. The van der Waals surface area contributed by atoms with E-state index in [1.54, 1.807) is 0 Å². The van der Waals surface area contributed by atoms with Crippen LogP contribution < -0.4 is 16.0 Å². The van der Waals surface area contributed by atoms with Crippen molar-refractivity contribution in [3.8, 4) is 0 Å². The maximum absolute atomic E-state index is 11.7. The number of carboxylic acids is 1. The molecule has 0 aromatic rings. The quantitative estimate of drug-likeness (QED) is 0.503. The van der Waals surface area contributed by atoms with Crippen LogP contribution in [0.5, 0.6) is 0 Å². The Morgan fingerprint density at radius 1 is 1.35 bits per heavy atom. The minimum Gasteiger partial charge on any atom is -0.480 e. The van der Waals surface area contributed by atoms with Crippen molar-refractivity contribution in [2.75, 3.05) is 13.1 Å². The molecule has 0 unspecified atom stereocenters. The number of amides is 2. The molecule has 7 nitrogen and oxygen atoms in total. The fourth-order valence-electron chi connectivity index (χ4n) is 2.14. The van der Waals surface area contributed by atoms with Gasteiger partial charge in [-0.05, 0) is 31.7 Å². The predicted molar refractivity (Wildman–Crippen MR) is 73.1 cm³/mol. The first-order chi connectivity index (χ1) is 9.40. The van der Waals surface area contributed by atoms with Gasteiger partial charge in [-0.2, -0.15) is 0 Å². The summed E-state index contributed by atoms with van der Waals surface area (Å²) in [5, 5.41) is 17.0. The van der Waals surface area contributed by atoms with Crippen LogP contribution in [-0.2, 0) is 14.4 Å². The molecule has 1 fully saturated rings. The summed E-state index contributed by atoms with van der Waals surface area (Å²) in [6.45, 7) is 4.38. The fraction of sp³-hybridized carbons (Fsp3) is 0.769. The van der Waals surface area contributed by atoms with E-state index in [9.17, 15) is 14.4 Å². The van der Waals surface area contributed by atoms with E-state index in [-0.39, 0.29) is 24.4 Å². The number of carboxylic acid groups (broad SMARTS) is 1. The number of hydrogen-bond donors (Lipinski definition) is 4. The molecule has 2 amide bonds. The van der Waals surface area contributed by atoms with Crippen LogP contribution in [0.3, 0.4) is 0 Å². The van der Waals surface area contributed by atoms with E-state index < -0.39 is 17.9 Å². The molecule has 0 bridgehead atoms. The Kier molecular flexibility index (Phi) is 6.44. The molecule has 1 aliphatic rings. The smallest absolute Gasteiger partial charge is 0.326 e. The van der Waals surface area contributed by atoms with Gasteiger partial charge in [-0.3, -0.25) is 9.59 Å². The van der Waals surface area contributed by atoms with Crippen LogP contribution >= 0.6 is 0 Å². The van der Waals surface area contributed by atoms with Crippen molar-refractivity contribution >= 4 is 17.8 Å². The highest BCUT2D eigenvalue weighted by Gasteiger charge is 2.24. The molecule has 0 saturated carbocycles. The van der Waals surface area contributed by atoms with Crippen LogP contribution in [-0.4, -0.2) is 48.1 Å². The van der Waals surface area contributed by atoms with Crippen molar-refractivity contribution in [2.24, 2.45) is 5.92 Å². The van der Waals surface area contributed by atoms with Gasteiger partial charge in [-0.25, -0.2) is 4.79 Å². The van der Waals surface area contributed by atoms with E-state index in [2.05, 4.69) is 16.0 Å². The van der Waals surface area contributed by atoms with E-state index in [0.717, 1.165) is 19.4 Å². The lowest BCUT2D eigenvalue weighted by Crippen LogP contribution is -2.48. The molecule has 2 atom stereocenters. The monoisotopic (exact) mass is 285 g/mol. The average Bonchev–Trinajstić information content (AvgIpc) is 2.88. The summed E-state index contributed by atoms with van der Waals surface area (Å²) in [6, 6.07) is -1.15. The van der Waals surface area contributed by atoms with Crippen molar-refractivity contribution in [1.82, 2.24) is 16.0 Å². The van der Waals surface area contributed by atoms with Gasteiger partial charge in [0, 0.05) is 0 Å². The van der Waals surface area contributed by atoms with Gasteiger partial charge in [0.25, 0.3) is 0 Å². The maximum atomic E-state index is 11.7. The molecule has 1 saturated heterocycles. The third-order valence-electron chi connectivity index (χ3n) is 3.14. The first-order valence-corrected chi connectivity index (χ1v) is 6.93. The van der Waals surface area contributed by atoms with Crippen molar-refractivity contribution < 1.29 is 19.5 Å². The van der Waals surface area contributed by atoms with Gasteiger partial charge in [-0.15, -0.1) is 0 Å². The summed E-state index contributed by atoms with van der Waals surface area (Å²) in [4.78, 5) is 34.3. The van der Waals surface area contributed by atoms with Gasteiger partial charge in [-0.1, -0.05) is 13.8 Å². The lowest BCUT2D eigenvalue weighted by Gasteiger charge is -2.17. The number of rotatable bonds is 7. The molecule has 0 aromatic carbocycles. The largest absolute Gasteiger partial charge is 0.480 e. The van der Waals surface area contributed by atoms with Crippen molar-refractivity contribution in [3.05, 3.63) is 0 Å². The van der Waals surface area contributed by atoms with Crippen LogP contribution in [0.4, 0.5) is 0 Å². The number of aliphatic carboxylic acids is 1. The molecule has 0 spiro atoms. The minimum absolute atomic E-state index is 0.161. The molecule has 20 heavy (non-hydrogen) atoms. The highest BCUT2D eigenvalue weighted by atomic mass is 16.4. The summed E-state index contributed by atoms with van der Waals surface area (Å²) < 4.78 is 0. The second-order valence-electron chi connectivity index (χ2n) is 5.45. The number of carbonyl (C=O) groups excluding carboxylic acids is 2. The van der Waals surface area contributed by atoms with Crippen molar-refractivity contribution in [2.45, 2.75) is 45.2 Å². The average molecular weight is 285 g/mol. The normalized spacial score (nSPS) is 19.6. The van der Waals surface area contributed by atoms with E-state index >= 15 is 0 Å². The SMILES string of the molecule is CC(C)C[C@@H](NC(=O)CNC(=O)[C@@H]1CCCN1)C(=O)O. The second-order valence-corrected chi connectivity index (χ2v) is 5.45. The van der Waals surface area contributed by atoms with Crippen LogP contribution in [0.2, 0.25) is 0 Å². The summed E-state index contributed by atoms with van der Waals surface area (Å²) in [5.41, 5.74) is 0. The summed E-state index contributed by atoms with van der Waals surface area (Å²) in [6.07, 6.45) is 2.07. The van der Waals surface area contributed by atoms with Crippen LogP contribution in [0.15, 0.2) is 0 Å². The summed E-state index contributed by atoms with van der Waals surface area (Å²) in [7, 11) is 0. The third-order valence-corrected chi connectivity index (χ3v) is 3.14.